The number of nitrogens with zero attached hydrogens (tertiary/aromatic N) is 3. The first-order chi connectivity index (χ1) is 14.6. The number of ether oxygens (including phenoxy) is 1. The van der Waals surface area contributed by atoms with Crippen molar-refractivity contribution in [1.82, 2.24) is 14.2 Å². The molecule has 2 aromatic rings. The summed E-state index contributed by atoms with van der Waals surface area (Å²) in [5.74, 6) is 0. The fourth-order valence-corrected chi connectivity index (χ4v) is 6.84. The Kier molecular flexibility index (Phi) is 5.39. The van der Waals surface area contributed by atoms with E-state index < -0.39 is 10.0 Å². The van der Waals surface area contributed by atoms with Crippen molar-refractivity contribution in [2.24, 2.45) is 0 Å². The Balaban J connectivity index is 1.27. The molecule has 5 rings (SSSR count). The lowest BCUT2D eigenvalue weighted by atomic mass is 9.87. The molecule has 0 N–H and O–H groups in total. The smallest absolute Gasteiger partial charge is 0.243 e. The quantitative estimate of drug-likeness (QED) is 0.734. The molecule has 0 radical (unpaired) electrons. The summed E-state index contributed by atoms with van der Waals surface area (Å²) in [6, 6.07) is 10.4. The number of aromatic nitrogens is 1. The normalized spacial score (nSPS) is 25.8. The van der Waals surface area contributed by atoms with Crippen LogP contribution in [0.4, 0.5) is 0 Å². The second-order valence-electron chi connectivity index (χ2n) is 8.62. The summed E-state index contributed by atoms with van der Waals surface area (Å²) in [7, 11) is -1.65. The second kappa shape index (κ2) is 8.04. The van der Waals surface area contributed by atoms with E-state index in [2.05, 4.69) is 22.0 Å². The Bertz CT molecular complexity index is 1000. The van der Waals surface area contributed by atoms with Crippen molar-refractivity contribution in [3.05, 3.63) is 59.4 Å². The van der Waals surface area contributed by atoms with Gasteiger partial charge < -0.3 is 4.74 Å². The van der Waals surface area contributed by atoms with Gasteiger partial charge in [-0.3, -0.25) is 9.88 Å². The van der Waals surface area contributed by atoms with Crippen LogP contribution in [0.1, 0.15) is 42.0 Å². The van der Waals surface area contributed by atoms with Crippen molar-refractivity contribution in [3.8, 4) is 0 Å². The zero-order chi connectivity index (χ0) is 20.7. The molecule has 6 nitrogen and oxygen atoms in total. The average molecular weight is 428 g/mol. The summed E-state index contributed by atoms with van der Waals surface area (Å²) in [6.45, 7) is 2.04. The van der Waals surface area contributed by atoms with Gasteiger partial charge in [-0.05, 0) is 73.1 Å². The summed E-state index contributed by atoms with van der Waals surface area (Å²) in [6.07, 6.45) is 8.71. The largest absolute Gasteiger partial charge is 0.378 e. The fourth-order valence-electron chi connectivity index (χ4n) is 5.32. The molecule has 3 aliphatic rings. The highest BCUT2D eigenvalue weighted by atomic mass is 32.2. The van der Waals surface area contributed by atoms with E-state index >= 15 is 0 Å². The van der Waals surface area contributed by atoms with Gasteiger partial charge in [0, 0.05) is 45.2 Å². The van der Waals surface area contributed by atoms with Gasteiger partial charge in [-0.1, -0.05) is 6.07 Å². The molecule has 0 unspecified atom stereocenters. The van der Waals surface area contributed by atoms with Crippen molar-refractivity contribution in [3.63, 3.8) is 0 Å². The molecule has 30 heavy (non-hydrogen) atoms. The maximum atomic E-state index is 13.2. The zero-order valence-electron chi connectivity index (χ0n) is 17.4. The SMILES string of the molecule is CO[C@H]1CN(C2CCN(S(=O)(=O)c3ccc4c(c3)CCC4)CC2)[C@H]1c1ccncc1. The minimum Gasteiger partial charge on any atom is -0.378 e. The zero-order valence-corrected chi connectivity index (χ0v) is 18.2. The van der Waals surface area contributed by atoms with Crippen LogP contribution >= 0.6 is 0 Å². The number of rotatable bonds is 5. The van der Waals surface area contributed by atoms with E-state index in [1.807, 2.05) is 24.5 Å². The number of hydrogen-bond donors (Lipinski definition) is 0. The molecule has 3 heterocycles. The molecule has 0 amide bonds. The second-order valence-corrected chi connectivity index (χ2v) is 10.6. The molecular weight excluding hydrogens is 398 g/mol. The number of likely N-dealkylation sites (tertiary alicyclic amines) is 1. The van der Waals surface area contributed by atoms with Gasteiger partial charge >= 0.3 is 0 Å². The average Bonchev–Trinajstić information content (AvgIpc) is 3.22. The van der Waals surface area contributed by atoms with Crippen LogP contribution in [-0.4, -0.2) is 61.5 Å². The van der Waals surface area contributed by atoms with Gasteiger partial charge in [0.1, 0.15) is 0 Å². The Hall–Kier alpha value is -1.80. The predicted octanol–water partition coefficient (Wildman–Crippen LogP) is 2.80. The minimum absolute atomic E-state index is 0.181. The molecule has 0 saturated carbocycles. The molecule has 2 fully saturated rings. The molecule has 1 aromatic heterocycles. The Morgan fingerprint density at radius 3 is 2.50 bits per heavy atom. The first-order valence-corrected chi connectivity index (χ1v) is 12.3. The third-order valence-corrected chi connectivity index (χ3v) is 8.95. The van der Waals surface area contributed by atoms with Crippen LogP contribution < -0.4 is 0 Å². The number of aryl methyl sites for hydroxylation is 2. The summed E-state index contributed by atoms with van der Waals surface area (Å²) >= 11 is 0. The van der Waals surface area contributed by atoms with Crippen molar-refractivity contribution in [1.29, 1.82) is 0 Å². The van der Waals surface area contributed by atoms with Gasteiger partial charge in [0.2, 0.25) is 10.0 Å². The van der Waals surface area contributed by atoms with Crippen LogP contribution in [0, 0.1) is 0 Å². The number of pyridine rings is 1. The number of hydrogen-bond acceptors (Lipinski definition) is 5. The van der Waals surface area contributed by atoms with Gasteiger partial charge in [0.15, 0.2) is 0 Å². The lowest BCUT2D eigenvalue weighted by Gasteiger charge is -2.52. The van der Waals surface area contributed by atoms with Crippen LogP contribution in [0.5, 0.6) is 0 Å². The van der Waals surface area contributed by atoms with E-state index in [0.29, 0.717) is 24.0 Å². The molecule has 0 bridgehead atoms. The number of fused-ring (bicyclic) bond motifs is 1. The van der Waals surface area contributed by atoms with E-state index in [1.165, 1.54) is 16.7 Å². The highest BCUT2D eigenvalue weighted by Crippen LogP contribution is 2.39. The van der Waals surface area contributed by atoms with Gasteiger partial charge in [-0.15, -0.1) is 0 Å². The van der Waals surface area contributed by atoms with Gasteiger partial charge in [-0.25, -0.2) is 8.42 Å². The Morgan fingerprint density at radius 2 is 1.77 bits per heavy atom. The molecule has 2 saturated heterocycles. The van der Waals surface area contributed by atoms with Crippen molar-refractivity contribution in [2.75, 3.05) is 26.7 Å². The summed E-state index contributed by atoms with van der Waals surface area (Å²) in [5, 5.41) is 0. The number of sulfonamides is 1. The fraction of sp³-hybridized carbons (Fsp3) is 0.522. The van der Waals surface area contributed by atoms with E-state index in [9.17, 15) is 8.42 Å². The van der Waals surface area contributed by atoms with Crippen LogP contribution in [0.15, 0.2) is 47.6 Å². The maximum Gasteiger partial charge on any atom is 0.243 e. The highest BCUT2D eigenvalue weighted by Gasteiger charge is 2.45. The molecule has 1 aliphatic carbocycles. The van der Waals surface area contributed by atoms with Crippen LogP contribution in [0.3, 0.4) is 0 Å². The molecule has 7 heteroatoms. The van der Waals surface area contributed by atoms with Crippen molar-refractivity contribution in [2.45, 2.75) is 55.2 Å². The number of benzene rings is 1. The predicted molar refractivity (Wildman–Crippen MR) is 115 cm³/mol. The first-order valence-electron chi connectivity index (χ1n) is 10.9. The van der Waals surface area contributed by atoms with E-state index in [-0.39, 0.29) is 12.1 Å². The van der Waals surface area contributed by atoms with E-state index in [0.717, 1.165) is 38.6 Å². The highest BCUT2D eigenvalue weighted by molar-refractivity contribution is 7.89. The summed E-state index contributed by atoms with van der Waals surface area (Å²) in [4.78, 5) is 7.06. The minimum atomic E-state index is -3.42. The molecule has 1 aromatic carbocycles. The van der Waals surface area contributed by atoms with Gasteiger partial charge in [-0.2, -0.15) is 4.31 Å². The summed E-state index contributed by atoms with van der Waals surface area (Å²) < 4.78 is 33.8. The van der Waals surface area contributed by atoms with Crippen molar-refractivity contribution >= 4 is 10.0 Å². The van der Waals surface area contributed by atoms with E-state index in [4.69, 9.17) is 4.74 Å². The first kappa shape index (κ1) is 20.1. The Morgan fingerprint density at radius 1 is 1.03 bits per heavy atom. The van der Waals surface area contributed by atoms with Crippen LogP contribution in [-0.2, 0) is 27.6 Å². The Labute approximate surface area is 178 Å². The standard InChI is InChI=1S/C23H29N3O3S/c1-29-22-16-26(23(22)18-7-11-24-12-8-18)20-9-13-25(14-10-20)30(27,28)21-6-5-17-3-2-4-19(17)15-21/h5-8,11-12,15,20,22-23H,2-4,9-10,13-14,16H2,1H3/t22-,23-/m0/s1. The summed E-state index contributed by atoms with van der Waals surface area (Å²) in [5.41, 5.74) is 3.73. The number of methoxy groups -OCH3 is 1. The van der Waals surface area contributed by atoms with E-state index in [1.54, 1.807) is 17.5 Å². The maximum absolute atomic E-state index is 13.2. The molecule has 160 valence electrons. The van der Waals surface area contributed by atoms with Gasteiger partial charge in [0.05, 0.1) is 17.0 Å². The van der Waals surface area contributed by atoms with Crippen LogP contribution in [0.25, 0.3) is 0 Å². The molecular formula is C23H29N3O3S. The third kappa shape index (κ3) is 3.47. The third-order valence-electron chi connectivity index (χ3n) is 7.05. The van der Waals surface area contributed by atoms with Gasteiger partial charge in [0.25, 0.3) is 0 Å². The molecule has 2 atom stereocenters. The topological polar surface area (TPSA) is 62.7 Å². The molecule has 0 spiro atoms. The molecule has 2 aliphatic heterocycles. The monoisotopic (exact) mass is 427 g/mol. The lowest BCUT2D eigenvalue weighted by molar-refractivity contribution is -0.114. The van der Waals surface area contributed by atoms with Crippen LogP contribution in [0.2, 0.25) is 0 Å². The lowest BCUT2D eigenvalue weighted by Crippen LogP contribution is -2.60. The number of piperidine rings is 1. The van der Waals surface area contributed by atoms with Crippen molar-refractivity contribution < 1.29 is 13.2 Å².